The molecule has 4 heterocycles. The van der Waals surface area contributed by atoms with Crippen molar-refractivity contribution >= 4 is 23.5 Å². The molecular formula is C19H27N7O. The van der Waals surface area contributed by atoms with Gasteiger partial charge in [-0.25, -0.2) is 4.98 Å². The molecule has 1 fully saturated rings. The summed E-state index contributed by atoms with van der Waals surface area (Å²) in [6.45, 7) is 5.81. The molecule has 0 aliphatic carbocycles. The van der Waals surface area contributed by atoms with E-state index in [9.17, 15) is 4.79 Å². The molecule has 3 N–H and O–H groups in total. The number of fused-ring (bicyclic) bond motifs is 1. The van der Waals surface area contributed by atoms with Gasteiger partial charge < -0.3 is 11.1 Å². The zero-order valence-electron chi connectivity index (χ0n) is 16.1. The average Bonchev–Trinajstić information content (AvgIpc) is 3.25. The maximum absolute atomic E-state index is 12.7. The minimum atomic E-state index is 0.0232. The molecule has 0 amide bonds. The van der Waals surface area contributed by atoms with Crippen LogP contribution in [0, 0.1) is 0 Å². The van der Waals surface area contributed by atoms with Crippen LogP contribution in [-0.4, -0.2) is 57.8 Å². The Morgan fingerprint density at radius 2 is 2.26 bits per heavy atom. The van der Waals surface area contributed by atoms with Crippen molar-refractivity contribution < 1.29 is 4.79 Å². The molecule has 2 aromatic rings. The summed E-state index contributed by atoms with van der Waals surface area (Å²) in [5.74, 6) is 0.714. The molecule has 4 rings (SSSR count). The fourth-order valence-electron chi connectivity index (χ4n) is 4.11. The van der Waals surface area contributed by atoms with Gasteiger partial charge in [-0.15, -0.1) is 0 Å². The maximum atomic E-state index is 12.7. The maximum Gasteiger partial charge on any atom is 0.168 e. The Kier molecular flexibility index (Phi) is 4.59. The Labute approximate surface area is 158 Å². The molecule has 144 valence electrons. The van der Waals surface area contributed by atoms with Gasteiger partial charge >= 0.3 is 0 Å². The van der Waals surface area contributed by atoms with E-state index in [-0.39, 0.29) is 23.7 Å². The van der Waals surface area contributed by atoms with Crippen LogP contribution in [0.4, 0.5) is 5.82 Å². The molecular weight excluding hydrogens is 342 g/mol. The predicted molar refractivity (Wildman–Crippen MR) is 105 cm³/mol. The lowest BCUT2D eigenvalue weighted by molar-refractivity contribution is 0.0986. The minimum Gasteiger partial charge on any atom is -0.383 e. The SMILES string of the molecule is CCC(=O)c1c(C2CCCNC2)nc2c(C3C=NN(C)C3C)cnn2c1N. The number of nitrogens with one attached hydrogen (secondary N) is 1. The Morgan fingerprint density at radius 1 is 1.44 bits per heavy atom. The molecule has 3 atom stereocenters. The lowest BCUT2D eigenvalue weighted by Gasteiger charge is -2.25. The first-order valence-corrected chi connectivity index (χ1v) is 9.70. The van der Waals surface area contributed by atoms with Crippen LogP contribution in [0.25, 0.3) is 5.65 Å². The van der Waals surface area contributed by atoms with Crippen molar-refractivity contribution in [1.29, 1.82) is 0 Å². The second kappa shape index (κ2) is 6.92. The van der Waals surface area contributed by atoms with Crippen LogP contribution in [0.1, 0.15) is 66.6 Å². The standard InChI is InChI=1S/C19H27N7O/c1-4-15(27)16-17(12-6-5-7-21-8-12)24-19-14(10-23-26(19)18(16)20)13-9-22-25(3)11(13)2/h9-13,21H,4-8,20H2,1-3H3. The highest BCUT2D eigenvalue weighted by molar-refractivity contribution is 6.01. The van der Waals surface area contributed by atoms with Crippen LogP contribution in [0.3, 0.4) is 0 Å². The molecule has 1 saturated heterocycles. The summed E-state index contributed by atoms with van der Waals surface area (Å²) in [7, 11) is 1.96. The van der Waals surface area contributed by atoms with Crippen molar-refractivity contribution in [1.82, 2.24) is 24.9 Å². The predicted octanol–water partition coefficient (Wildman–Crippen LogP) is 1.77. The summed E-state index contributed by atoms with van der Waals surface area (Å²) < 4.78 is 1.62. The first kappa shape index (κ1) is 17.9. The molecule has 0 bridgehead atoms. The number of Topliss-reactive ketones (excluding diaryl/α,β-unsaturated/α-hetero) is 1. The normalized spacial score (nSPS) is 25.4. The number of aromatic nitrogens is 3. The number of rotatable bonds is 4. The fraction of sp³-hybridized carbons (Fsp3) is 0.579. The number of nitrogens with two attached hydrogens (primary N) is 1. The van der Waals surface area contributed by atoms with E-state index in [1.54, 1.807) is 4.52 Å². The van der Waals surface area contributed by atoms with E-state index in [4.69, 9.17) is 10.7 Å². The highest BCUT2D eigenvalue weighted by Crippen LogP contribution is 2.34. The summed E-state index contributed by atoms with van der Waals surface area (Å²) in [4.78, 5) is 17.7. The quantitative estimate of drug-likeness (QED) is 0.797. The topological polar surface area (TPSA) is 101 Å². The van der Waals surface area contributed by atoms with Crippen molar-refractivity contribution in [2.24, 2.45) is 5.10 Å². The Morgan fingerprint density at radius 3 is 2.89 bits per heavy atom. The molecule has 0 saturated carbocycles. The van der Waals surface area contributed by atoms with E-state index in [1.807, 2.05) is 31.4 Å². The molecule has 0 aromatic carbocycles. The third kappa shape index (κ3) is 2.88. The number of likely N-dealkylation sites (N-methyl/N-ethyl adjacent to an activating group) is 1. The molecule has 2 aliphatic rings. The molecule has 27 heavy (non-hydrogen) atoms. The number of ketones is 1. The number of anilines is 1. The number of piperidine rings is 1. The largest absolute Gasteiger partial charge is 0.383 e. The zero-order valence-corrected chi connectivity index (χ0v) is 16.1. The fourth-order valence-corrected chi connectivity index (χ4v) is 4.11. The van der Waals surface area contributed by atoms with Crippen LogP contribution in [0.5, 0.6) is 0 Å². The first-order valence-electron chi connectivity index (χ1n) is 9.70. The van der Waals surface area contributed by atoms with Gasteiger partial charge in [-0.3, -0.25) is 9.80 Å². The molecule has 3 unspecified atom stereocenters. The van der Waals surface area contributed by atoms with Crippen LogP contribution >= 0.6 is 0 Å². The number of hydrogen-bond donors (Lipinski definition) is 2. The molecule has 2 aromatic heterocycles. The highest BCUT2D eigenvalue weighted by Gasteiger charge is 2.32. The van der Waals surface area contributed by atoms with Gasteiger partial charge in [0.15, 0.2) is 11.4 Å². The van der Waals surface area contributed by atoms with E-state index in [1.165, 1.54) is 0 Å². The van der Waals surface area contributed by atoms with E-state index >= 15 is 0 Å². The van der Waals surface area contributed by atoms with Crippen molar-refractivity contribution in [2.45, 2.75) is 51.0 Å². The number of hydrogen-bond acceptors (Lipinski definition) is 7. The molecule has 2 aliphatic heterocycles. The average molecular weight is 369 g/mol. The zero-order chi connectivity index (χ0) is 19.1. The van der Waals surface area contributed by atoms with Crippen molar-refractivity contribution in [3.8, 4) is 0 Å². The van der Waals surface area contributed by atoms with Crippen LogP contribution in [-0.2, 0) is 0 Å². The van der Waals surface area contributed by atoms with Crippen molar-refractivity contribution in [3.05, 3.63) is 23.0 Å². The van der Waals surface area contributed by atoms with Gasteiger partial charge in [0, 0.05) is 43.6 Å². The first-order chi connectivity index (χ1) is 13.0. The van der Waals surface area contributed by atoms with E-state index in [0.717, 1.165) is 42.8 Å². The number of carbonyl (C=O) groups excluding carboxylic acids is 1. The summed E-state index contributed by atoms with van der Waals surface area (Å²) in [5, 5.41) is 14.2. The smallest absolute Gasteiger partial charge is 0.168 e. The number of nitrogens with zero attached hydrogens (tertiary/aromatic N) is 5. The highest BCUT2D eigenvalue weighted by atomic mass is 16.1. The third-order valence-corrected chi connectivity index (χ3v) is 5.90. The van der Waals surface area contributed by atoms with Crippen LogP contribution in [0.15, 0.2) is 11.3 Å². The molecule has 0 radical (unpaired) electrons. The van der Waals surface area contributed by atoms with Gasteiger partial charge in [0.2, 0.25) is 0 Å². The lowest BCUT2D eigenvalue weighted by Crippen LogP contribution is -2.30. The molecule has 8 heteroatoms. The minimum absolute atomic E-state index is 0.0232. The summed E-state index contributed by atoms with van der Waals surface area (Å²) in [5.41, 5.74) is 9.55. The van der Waals surface area contributed by atoms with E-state index < -0.39 is 0 Å². The summed E-state index contributed by atoms with van der Waals surface area (Å²) >= 11 is 0. The molecule has 0 spiro atoms. The number of hydrazone groups is 1. The Balaban J connectivity index is 1.89. The summed E-state index contributed by atoms with van der Waals surface area (Å²) in [6, 6.07) is 0.220. The number of carbonyl (C=O) groups is 1. The Bertz CT molecular complexity index is 897. The Hall–Kier alpha value is -2.48. The third-order valence-electron chi connectivity index (χ3n) is 5.90. The molecule has 8 nitrogen and oxygen atoms in total. The van der Waals surface area contributed by atoms with Gasteiger partial charge in [0.1, 0.15) is 5.82 Å². The summed E-state index contributed by atoms with van der Waals surface area (Å²) in [6.07, 6.45) is 6.23. The van der Waals surface area contributed by atoms with Crippen LogP contribution < -0.4 is 11.1 Å². The van der Waals surface area contributed by atoms with Crippen LogP contribution in [0.2, 0.25) is 0 Å². The van der Waals surface area contributed by atoms with Gasteiger partial charge in [-0.05, 0) is 26.3 Å². The van der Waals surface area contributed by atoms with Gasteiger partial charge in [-0.2, -0.15) is 14.7 Å². The second-order valence-electron chi connectivity index (χ2n) is 7.52. The number of nitrogen functional groups attached to an aromatic ring is 1. The second-order valence-corrected chi connectivity index (χ2v) is 7.52. The van der Waals surface area contributed by atoms with Gasteiger partial charge in [0.25, 0.3) is 0 Å². The monoisotopic (exact) mass is 369 g/mol. The lowest BCUT2D eigenvalue weighted by atomic mass is 9.90. The van der Waals surface area contributed by atoms with E-state index in [2.05, 4.69) is 22.4 Å². The van der Waals surface area contributed by atoms with E-state index in [0.29, 0.717) is 17.8 Å². The van der Waals surface area contributed by atoms with Gasteiger partial charge in [-0.1, -0.05) is 6.92 Å². The van der Waals surface area contributed by atoms with Gasteiger partial charge in [0.05, 0.1) is 23.5 Å². The van der Waals surface area contributed by atoms with Crippen molar-refractivity contribution in [3.63, 3.8) is 0 Å². The van der Waals surface area contributed by atoms with Crippen molar-refractivity contribution in [2.75, 3.05) is 25.9 Å².